The number of fused-ring (bicyclic) bond motifs is 2. The molecular formula is C18H27NO2. The van der Waals surface area contributed by atoms with Crippen LogP contribution >= 0.6 is 0 Å². The second-order valence-electron chi connectivity index (χ2n) is 7.17. The number of benzene rings is 1. The monoisotopic (exact) mass is 289 g/mol. The minimum absolute atomic E-state index is 0.318. The van der Waals surface area contributed by atoms with Gasteiger partial charge in [0.05, 0.1) is 12.7 Å². The molecule has 2 aliphatic rings. The minimum Gasteiger partial charge on any atom is -0.497 e. The number of hydrogen-bond acceptors (Lipinski definition) is 3. The van der Waals surface area contributed by atoms with E-state index in [-0.39, 0.29) is 0 Å². The van der Waals surface area contributed by atoms with Crippen molar-refractivity contribution >= 4 is 0 Å². The van der Waals surface area contributed by atoms with Crippen molar-refractivity contribution in [2.75, 3.05) is 27.7 Å². The van der Waals surface area contributed by atoms with Gasteiger partial charge in [0.15, 0.2) is 0 Å². The first-order valence-electron chi connectivity index (χ1n) is 8.04. The summed E-state index contributed by atoms with van der Waals surface area (Å²) in [6.45, 7) is 0.950. The molecule has 4 atom stereocenters. The summed E-state index contributed by atoms with van der Waals surface area (Å²) in [5, 5.41) is 11.6. The lowest BCUT2D eigenvalue weighted by Gasteiger charge is -2.45. The van der Waals surface area contributed by atoms with Crippen LogP contribution in [0.3, 0.4) is 0 Å². The summed E-state index contributed by atoms with van der Waals surface area (Å²) in [4.78, 5) is 2.22. The molecule has 1 aromatic rings. The highest BCUT2D eigenvalue weighted by Crippen LogP contribution is 2.54. The maximum atomic E-state index is 11.6. The Morgan fingerprint density at radius 1 is 1.33 bits per heavy atom. The third-order valence-corrected chi connectivity index (χ3v) is 5.50. The summed E-state index contributed by atoms with van der Waals surface area (Å²) < 4.78 is 5.35. The summed E-state index contributed by atoms with van der Waals surface area (Å²) in [7, 11) is 5.89. The molecule has 2 aliphatic carbocycles. The second kappa shape index (κ2) is 5.62. The second-order valence-corrected chi connectivity index (χ2v) is 7.17. The average Bonchev–Trinajstić information content (AvgIpc) is 2.87. The predicted octanol–water partition coefficient (Wildman–Crippen LogP) is 2.88. The third-order valence-electron chi connectivity index (χ3n) is 5.50. The van der Waals surface area contributed by atoms with E-state index in [1.807, 2.05) is 18.2 Å². The van der Waals surface area contributed by atoms with Gasteiger partial charge in [-0.2, -0.15) is 0 Å². The Morgan fingerprint density at radius 2 is 2.14 bits per heavy atom. The molecule has 1 aromatic carbocycles. The van der Waals surface area contributed by atoms with Gasteiger partial charge in [-0.05, 0) is 62.9 Å². The molecule has 0 saturated heterocycles. The van der Waals surface area contributed by atoms with Crippen LogP contribution in [0.25, 0.3) is 0 Å². The zero-order valence-corrected chi connectivity index (χ0v) is 13.4. The fourth-order valence-electron chi connectivity index (χ4n) is 4.56. The van der Waals surface area contributed by atoms with E-state index in [9.17, 15) is 5.11 Å². The molecule has 0 radical (unpaired) electrons. The number of rotatable bonds is 4. The van der Waals surface area contributed by atoms with E-state index in [1.165, 1.54) is 19.3 Å². The van der Waals surface area contributed by atoms with E-state index in [4.69, 9.17) is 4.74 Å². The van der Waals surface area contributed by atoms with Gasteiger partial charge >= 0.3 is 0 Å². The van der Waals surface area contributed by atoms with Gasteiger partial charge in [0.2, 0.25) is 0 Å². The van der Waals surface area contributed by atoms with Gasteiger partial charge in [0.1, 0.15) is 5.75 Å². The maximum absolute atomic E-state index is 11.6. The van der Waals surface area contributed by atoms with Crippen molar-refractivity contribution in [1.29, 1.82) is 0 Å². The molecule has 0 aromatic heterocycles. The number of nitrogens with zero attached hydrogens (tertiary/aromatic N) is 1. The summed E-state index contributed by atoms with van der Waals surface area (Å²) in [6, 6.07) is 8.03. The van der Waals surface area contributed by atoms with E-state index in [2.05, 4.69) is 25.1 Å². The SMILES string of the molecule is COc1cccc(C2(O)CC3CCC(C3)C2CN(C)C)c1. The van der Waals surface area contributed by atoms with Crippen molar-refractivity contribution in [3.63, 3.8) is 0 Å². The molecule has 2 bridgehead atoms. The van der Waals surface area contributed by atoms with Crippen LogP contribution in [0.1, 0.15) is 31.2 Å². The first kappa shape index (κ1) is 14.9. The molecule has 1 N–H and O–H groups in total. The highest BCUT2D eigenvalue weighted by atomic mass is 16.5. The summed E-state index contributed by atoms with van der Waals surface area (Å²) in [5.41, 5.74) is 0.327. The Bertz CT molecular complexity index is 502. The Balaban J connectivity index is 1.98. The Hall–Kier alpha value is -1.06. The molecule has 4 unspecified atom stereocenters. The molecule has 2 saturated carbocycles. The molecule has 3 heteroatoms. The van der Waals surface area contributed by atoms with Crippen LogP contribution < -0.4 is 4.74 Å². The van der Waals surface area contributed by atoms with Crippen LogP contribution in [-0.4, -0.2) is 37.8 Å². The van der Waals surface area contributed by atoms with Crippen LogP contribution in [0.15, 0.2) is 24.3 Å². The first-order chi connectivity index (χ1) is 10.0. The first-order valence-corrected chi connectivity index (χ1v) is 8.04. The van der Waals surface area contributed by atoms with E-state index < -0.39 is 5.60 Å². The lowest BCUT2D eigenvalue weighted by Crippen LogP contribution is -2.47. The molecule has 0 amide bonds. The Morgan fingerprint density at radius 3 is 2.86 bits per heavy atom. The lowest BCUT2D eigenvalue weighted by atomic mass is 9.66. The van der Waals surface area contributed by atoms with Crippen LogP contribution in [0.2, 0.25) is 0 Å². The molecule has 0 aliphatic heterocycles. The maximum Gasteiger partial charge on any atom is 0.119 e. The van der Waals surface area contributed by atoms with E-state index in [0.717, 1.165) is 24.3 Å². The smallest absolute Gasteiger partial charge is 0.119 e. The Labute approximate surface area is 127 Å². The lowest BCUT2D eigenvalue weighted by molar-refractivity contribution is -0.0892. The van der Waals surface area contributed by atoms with Gasteiger partial charge in [-0.3, -0.25) is 0 Å². The van der Waals surface area contributed by atoms with Gasteiger partial charge in [-0.1, -0.05) is 18.6 Å². The summed E-state index contributed by atoms with van der Waals surface area (Å²) in [6.07, 6.45) is 4.75. The topological polar surface area (TPSA) is 32.7 Å². The number of hydrogen-bond donors (Lipinski definition) is 1. The number of methoxy groups -OCH3 is 1. The fraction of sp³-hybridized carbons (Fsp3) is 0.667. The van der Waals surface area contributed by atoms with Crippen molar-refractivity contribution < 1.29 is 9.84 Å². The molecule has 0 heterocycles. The van der Waals surface area contributed by atoms with Gasteiger partial charge < -0.3 is 14.7 Å². The summed E-state index contributed by atoms with van der Waals surface area (Å²) >= 11 is 0. The van der Waals surface area contributed by atoms with Gasteiger partial charge in [0, 0.05) is 12.5 Å². The van der Waals surface area contributed by atoms with Crippen molar-refractivity contribution in [2.24, 2.45) is 17.8 Å². The number of aliphatic hydroxyl groups is 1. The quantitative estimate of drug-likeness (QED) is 0.925. The van der Waals surface area contributed by atoms with Crippen molar-refractivity contribution in [3.05, 3.63) is 29.8 Å². The van der Waals surface area contributed by atoms with Crippen LogP contribution in [0.4, 0.5) is 0 Å². The molecule has 21 heavy (non-hydrogen) atoms. The molecule has 3 rings (SSSR count). The molecule has 116 valence electrons. The van der Waals surface area contributed by atoms with E-state index in [0.29, 0.717) is 17.8 Å². The third kappa shape index (κ3) is 2.69. The highest BCUT2D eigenvalue weighted by Gasteiger charge is 2.51. The molecule has 2 fully saturated rings. The summed E-state index contributed by atoms with van der Waals surface area (Å²) in [5.74, 6) is 2.49. The highest BCUT2D eigenvalue weighted by molar-refractivity contribution is 5.34. The van der Waals surface area contributed by atoms with E-state index in [1.54, 1.807) is 7.11 Å². The average molecular weight is 289 g/mol. The van der Waals surface area contributed by atoms with Gasteiger partial charge in [0.25, 0.3) is 0 Å². The Kier molecular flexibility index (Phi) is 3.98. The molecular weight excluding hydrogens is 262 g/mol. The zero-order chi connectivity index (χ0) is 15.0. The largest absolute Gasteiger partial charge is 0.497 e. The van der Waals surface area contributed by atoms with Gasteiger partial charge in [-0.25, -0.2) is 0 Å². The predicted molar refractivity (Wildman–Crippen MR) is 84.4 cm³/mol. The zero-order valence-electron chi connectivity index (χ0n) is 13.4. The van der Waals surface area contributed by atoms with Crippen LogP contribution in [-0.2, 0) is 5.60 Å². The van der Waals surface area contributed by atoms with Crippen molar-refractivity contribution in [1.82, 2.24) is 4.90 Å². The molecule has 0 spiro atoms. The van der Waals surface area contributed by atoms with Crippen LogP contribution in [0.5, 0.6) is 5.75 Å². The fourth-order valence-corrected chi connectivity index (χ4v) is 4.56. The molecule has 3 nitrogen and oxygen atoms in total. The van der Waals surface area contributed by atoms with Crippen LogP contribution in [0, 0.1) is 17.8 Å². The van der Waals surface area contributed by atoms with Gasteiger partial charge in [-0.15, -0.1) is 0 Å². The minimum atomic E-state index is -0.705. The van der Waals surface area contributed by atoms with Crippen molar-refractivity contribution in [2.45, 2.75) is 31.3 Å². The van der Waals surface area contributed by atoms with E-state index >= 15 is 0 Å². The standard InChI is InChI=1S/C18H27NO2/c1-19(2)12-17-14-8-7-13(9-14)11-18(17,20)15-5-4-6-16(10-15)21-3/h4-6,10,13-14,17,20H,7-9,11-12H2,1-3H3. The number of ether oxygens (including phenoxy) is 1. The van der Waals surface area contributed by atoms with Crippen molar-refractivity contribution in [3.8, 4) is 5.75 Å². The normalized spacial score (nSPS) is 35.2.